The number of hydrogen-bond donors (Lipinski definition) is 0. The molecule has 3 aromatic rings. The predicted molar refractivity (Wildman–Crippen MR) is 108 cm³/mol. The zero-order chi connectivity index (χ0) is 19.2. The van der Waals surface area contributed by atoms with Gasteiger partial charge in [0.25, 0.3) is 0 Å². The lowest BCUT2D eigenvalue weighted by molar-refractivity contribution is 0.102. The van der Waals surface area contributed by atoms with E-state index in [0.29, 0.717) is 40.4 Å². The average Bonchev–Trinajstić information content (AvgIpc) is 3.08. The number of carbonyl (C=O) groups excluding carboxylic acids is 1. The fraction of sp³-hybridized carbons (Fsp3) is 0.250. The Bertz CT molecular complexity index is 908. The summed E-state index contributed by atoms with van der Waals surface area (Å²) in [6.07, 6.45) is 0. The summed E-state index contributed by atoms with van der Waals surface area (Å²) < 4.78 is 7.71. The van der Waals surface area contributed by atoms with E-state index in [4.69, 9.17) is 16.3 Å². The number of aromatic nitrogens is 3. The van der Waals surface area contributed by atoms with Crippen molar-refractivity contribution in [1.29, 1.82) is 0 Å². The number of halogens is 1. The van der Waals surface area contributed by atoms with Gasteiger partial charge in [0, 0.05) is 17.1 Å². The molecule has 0 amide bonds. The molecule has 3 rings (SSSR count). The van der Waals surface area contributed by atoms with Gasteiger partial charge in [-0.3, -0.25) is 4.79 Å². The maximum atomic E-state index is 12.4. The Morgan fingerprint density at radius 1 is 1.11 bits per heavy atom. The first-order valence-electron chi connectivity index (χ1n) is 8.60. The Morgan fingerprint density at radius 2 is 1.81 bits per heavy atom. The SMILES string of the molecule is CCn1c(COc2ccc(Cl)cc2)nnc1SCC(=O)c1ccc(C)cc1. The first-order chi connectivity index (χ1) is 13.1. The van der Waals surface area contributed by atoms with Crippen LogP contribution >= 0.6 is 23.4 Å². The molecule has 0 fully saturated rings. The minimum Gasteiger partial charge on any atom is -0.486 e. The highest BCUT2D eigenvalue weighted by molar-refractivity contribution is 7.99. The largest absolute Gasteiger partial charge is 0.486 e. The van der Waals surface area contributed by atoms with Crippen molar-refractivity contribution in [1.82, 2.24) is 14.8 Å². The predicted octanol–water partition coefficient (Wildman–Crippen LogP) is 4.81. The van der Waals surface area contributed by atoms with Gasteiger partial charge < -0.3 is 9.30 Å². The van der Waals surface area contributed by atoms with E-state index < -0.39 is 0 Å². The number of hydrogen-bond acceptors (Lipinski definition) is 5. The molecule has 0 aliphatic carbocycles. The van der Waals surface area contributed by atoms with Crippen LogP contribution in [0.2, 0.25) is 5.02 Å². The Balaban J connectivity index is 1.62. The van der Waals surface area contributed by atoms with E-state index >= 15 is 0 Å². The van der Waals surface area contributed by atoms with Gasteiger partial charge in [-0.1, -0.05) is 53.2 Å². The summed E-state index contributed by atoms with van der Waals surface area (Å²) in [4.78, 5) is 12.4. The standard InChI is InChI=1S/C20H20ClN3O2S/c1-3-24-19(12-26-17-10-8-16(21)9-11-17)22-23-20(24)27-13-18(25)15-6-4-14(2)5-7-15/h4-11H,3,12-13H2,1-2H3. The minimum atomic E-state index is 0.0737. The molecular weight excluding hydrogens is 382 g/mol. The molecule has 0 radical (unpaired) electrons. The maximum absolute atomic E-state index is 12.4. The molecule has 0 atom stereocenters. The molecule has 1 aromatic heterocycles. The number of rotatable bonds is 8. The monoisotopic (exact) mass is 401 g/mol. The summed E-state index contributed by atoms with van der Waals surface area (Å²) in [6, 6.07) is 14.8. The molecular formula is C20H20ClN3O2S. The van der Waals surface area contributed by atoms with E-state index in [1.807, 2.05) is 54.8 Å². The number of aryl methyl sites for hydroxylation is 1. The van der Waals surface area contributed by atoms with Crippen LogP contribution in [0.3, 0.4) is 0 Å². The van der Waals surface area contributed by atoms with Gasteiger partial charge in [-0.2, -0.15) is 0 Å². The molecule has 0 saturated heterocycles. The topological polar surface area (TPSA) is 57.0 Å². The van der Waals surface area contributed by atoms with Crippen LogP contribution in [0.4, 0.5) is 0 Å². The van der Waals surface area contributed by atoms with E-state index in [1.165, 1.54) is 11.8 Å². The Morgan fingerprint density at radius 3 is 2.48 bits per heavy atom. The number of carbonyl (C=O) groups is 1. The second-order valence-electron chi connectivity index (χ2n) is 5.96. The van der Waals surface area contributed by atoms with Gasteiger partial charge in [0.1, 0.15) is 12.4 Å². The summed E-state index contributed by atoms with van der Waals surface area (Å²) in [5, 5.41) is 9.81. The third-order valence-corrected chi connectivity index (χ3v) is 5.22. The molecule has 0 spiro atoms. The van der Waals surface area contributed by atoms with Crippen LogP contribution in [0.1, 0.15) is 28.7 Å². The van der Waals surface area contributed by atoms with E-state index in [0.717, 1.165) is 11.4 Å². The molecule has 1 heterocycles. The number of Topliss-reactive ketones (excluding diaryl/α,β-unsaturated/α-hetero) is 1. The molecule has 0 unspecified atom stereocenters. The van der Waals surface area contributed by atoms with Crippen molar-refractivity contribution in [3.8, 4) is 5.75 Å². The maximum Gasteiger partial charge on any atom is 0.191 e. The number of ketones is 1. The lowest BCUT2D eigenvalue weighted by Gasteiger charge is -2.09. The zero-order valence-corrected chi connectivity index (χ0v) is 16.8. The van der Waals surface area contributed by atoms with Crippen LogP contribution in [-0.4, -0.2) is 26.3 Å². The highest BCUT2D eigenvalue weighted by atomic mass is 35.5. The van der Waals surface area contributed by atoms with Crippen molar-refractivity contribution in [3.63, 3.8) is 0 Å². The van der Waals surface area contributed by atoms with E-state index in [9.17, 15) is 4.79 Å². The zero-order valence-electron chi connectivity index (χ0n) is 15.2. The normalized spacial score (nSPS) is 10.8. The van der Waals surface area contributed by atoms with E-state index in [1.54, 1.807) is 12.1 Å². The molecule has 0 saturated carbocycles. The molecule has 27 heavy (non-hydrogen) atoms. The number of nitrogens with zero attached hydrogens (tertiary/aromatic N) is 3. The summed E-state index contributed by atoms with van der Waals surface area (Å²) >= 11 is 7.27. The van der Waals surface area contributed by atoms with Gasteiger partial charge in [0.05, 0.1) is 5.75 Å². The lowest BCUT2D eigenvalue weighted by Crippen LogP contribution is -2.08. The summed E-state index contributed by atoms with van der Waals surface area (Å²) in [6.45, 7) is 5.02. The Hall–Kier alpha value is -2.31. The van der Waals surface area contributed by atoms with Crippen LogP contribution in [-0.2, 0) is 13.2 Å². The van der Waals surface area contributed by atoms with Gasteiger partial charge >= 0.3 is 0 Å². The van der Waals surface area contributed by atoms with Crippen molar-refractivity contribution in [2.24, 2.45) is 0 Å². The van der Waals surface area contributed by atoms with Crippen molar-refractivity contribution >= 4 is 29.1 Å². The Labute approximate surface area is 167 Å². The fourth-order valence-corrected chi connectivity index (χ4v) is 3.52. The smallest absolute Gasteiger partial charge is 0.191 e. The van der Waals surface area contributed by atoms with E-state index in [-0.39, 0.29) is 5.78 Å². The molecule has 0 bridgehead atoms. The second kappa shape index (κ2) is 9.06. The van der Waals surface area contributed by atoms with Gasteiger partial charge in [-0.05, 0) is 38.1 Å². The molecule has 5 nitrogen and oxygen atoms in total. The fourth-order valence-electron chi connectivity index (χ4n) is 2.48. The summed E-state index contributed by atoms with van der Waals surface area (Å²) in [5.41, 5.74) is 1.84. The van der Waals surface area contributed by atoms with Crippen molar-refractivity contribution < 1.29 is 9.53 Å². The molecule has 0 N–H and O–H groups in total. The highest BCUT2D eigenvalue weighted by Crippen LogP contribution is 2.21. The molecule has 2 aromatic carbocycles. The number of thioether (sulfide) groups is 1. The molecule has 7 heteroatoms. The summed E-state index contributed by atoms with van der Waals surface area (Å²) in [7, 11) is 0. The van der Waals surface area contributed by atoms with Crippen LogP contribution in [0, 0.1) is 6.92 Å². The Kier molecular flexibility index (Phi) is 6.53. The first-order valence-corrected chi connectivity index (χ1v) is 9.96. The van der Waals surface area contributed by atoms with Crippen molar-refractivity contribution in [2.75, 3.05) is 5.75 Å². The molecule has 140 valence electrons. The van der Waals surface area contributed by atoms with Crippen LogP contribution in [0.15, 0.2) is 53.7 Å². The molecule has 0 aliphatic heterocycles. The third-order valence-electron chi connectivity index (χ3n) is 4.00. The average molecular weight is 402 g/mol. The van der Waals surface area contributed by atoms with Crippen LogP contribution in [0.5, 0.6) is 5.75 Å². The van der Waals surface area contributed by atoms with Gasteiger partial charge in [0.15, 0.2) is 16.8 Å². The van der Waals surface area contributed by atoms with Gasteiger partial charge in [-0.15, -0.1) is 10.2 Å². The highest BCUT2D eigenvalue weighted by Gasteiger charge is 2.14. The number of benzene rings is 2. The van der Waals surface area contributed by atoms with Crippen LogP contribution in [0.25, 0.3) is 0 Å². The molecule has 0 aliphatic rings. The number of ether oxygens (including phenoxy) is 1. The van der Waals surface area contributed by atoms with E-state index in [2.05, 4.69) is 10.2 Å². The van der Waals surface area contributed by atoms with Crippen LogP contribution < -0.4 is 4.74 Å². The summed E-state index contributed by atoms with van der Waals surface area (Å²) in [5.74, 6) is 1.83. The second-order valence-corrected chi connectivity index (χ2v) is 7.34. The first kappa shape index (κ1) is 19.5. The third kappa shape index (κ3) is 5.11. The van der Waals surface area contributed by atoms with Crippen molar-refractivity contribution in [3.05, 3.63) is 70.5 Å². The van der Waals surface area contributed by atoms with Gasteiger partial charge in [-0.25, -0.2) is 0 Å². The quantitative estimate of drug-likeness (QED) is 0.400. The minimum absolute atomic E-state index is 0.0737. The lowest BCUT2D eigenvalue weighted by atomic mass is 10.1. The van der Waals surface area contributed by atoms with Crippen molar-refractivity contribution in [2.45, 2.75) is 32.2 Å². The van der Waals surface area contributed by atoms with Gasteiger partial charge in [0.2, 0.25) is 0 Å².